The molecule has 0 radical (unpaired) electrons. The largest absolute Gasteiger partial charge is 0.454 e. The SMILES string of the molecule is O=C(Nc1cccc(N2CCOCC2)c1)c1ccc2c(c1)OCO2. The molecule has 0 bridgehead atoms. The van der Waals surface area contributed by atoms with Crippen LogP contribution < -0.4 is 19.7 Å². The Hall–Kier alpha value is -2.73. The van der Waals surface area contributed by atoms with Crippen LogP contribution in [-0.2, 0) is 4.74 Å². The van der Waals surface area contributed by atoms with Gasteiger partial charge in [-0.1, -0.05) is 6.07 Å². The molecule has 0 aliphatic carbocycles. The fraction of sp³-hybridized carbons (Fsp3) is 0.278. The lowest BCUT2D eigenvalue weighted by atomic mass is 10.1. The summed E-state index contributed by atoms with van der Waals surface area (Å²) in [5.41, 5.74) is 2.39. The Morgan fingerprint density at radius 2 is 1.83 bits per heavy atom. The lowest BCUT2D eigenvalue weighted by Gasteiger charge is -2.29. The smallest absolute Gasteiger partial charge is 0.255 e. The van der Waals surface area contributed by atoms with E-state index in [1.165, 1.54) is 0 Å². The van der Waals surface area contributed by atoms with Crippen molar-refractivity contribution in [2.24, 2.45) is 0 Å². The minimum atomic E-state index is -0.174. The lowest BCUT2D eigenvalue weighted by Crippen LogP contribution is -2.36. The Morgan fingerprint density at radius 1 is 1.00 bits per heavy atom. The Kier molecular flexibility index (Phi) is 3.96. The van der Waals surface area contributed by atoms with Crippen molar-refractivity contribution in [1.29, 1.82) is 0 Å². The predicted octanol–water partition coefficient (Wildman–Crippen LogP) is 2.50. The number of nitrogens with one attached hydrogen (secondary N) is 1. The van der Waals surface area contributed by atoms with E-state index in [0.717, 1.165) is 37.7 Å². The summed E-state index contributed by atoms with van der Waals surface area (Å²) >= 11 is 0. The molecule has 0 aromatic heterocycles. The van der Waals surface area contributed by atoms with Crippen molar-refractivity contribution in [2.75, 3.05) is 43.3 Å². The van der Waals surface area contributed by atoms with E-state index in [-0.39, 0.29) is 12.7 Å². The summed E-state index contributed by atoms with van der Waals surface area (Å²) < 4.78 is 16.0. The second-order valence-corrected chi connectivity index (χ2v) is 5.67. The number of nitrogens with zero attached hydrogens (tertiary/aromatic N) is 1. The van der Waals surface area contributed by atoms with Crippen LogP contribution in [0.4, 0.5) is 11.4 Å². The number of ether oxygens (including phenoxy) is 3. The molecule has 1 N–H and O–H groups in total. The van der Waals surface area contributed by atoms with Crippen molar-refractivity contribution >= 4 is 17.3 Å². The molecule has 1 fully saturated rings. The second kappa shape index (κ2) is 6.41. The maximum Gasteiger partial charge on any atom is 0.255 e. The topological polar surface area (TPSA) is 60.0 Å². The van der Waals surface area contributed by atoms with Gasteiger partial charge >= 0.3 is 0 Å². The predicted molar refractivity (Wildman–Crippen MR) is 90.0 cm³/mol. The summed E-state index contributed by atoms with van der Waals surface area (Å²) in [6.45, 7) is 3.38. The molecular formula is C18H18N2O4. The third kappa shape index (κ3) is 3.00. The minimum absolute atomic E-state index is 0.174. The van der Waals surface area contributed by atoms with Gasteiger partial charge in [0.15, 0.2) is 11.5 Å². The standard InChI is InChI=1S/C18H18N2O4/c21-18(13-4-5-16-17(10-13)24-12-23-16)19-14-2-1-3-15(11-14)20-6-8-22-9-7-20/h1-5,10-11H,6-9,12H2,(H,19,21). The summed E-state index contributed by atoms with van der Waals surface area (Å²) in [4.78, 5) is 14.7. The molecule has 0 spiro atoms. The van der Waals surface area contributed by atoms with Gasteiger partial charge in [-0.05, 0) is 36.4 Å². The lowest BCUT2D eigenvalue weighted by molar-refractivity contribution is 0.102. The van der Waals surface area contributed by atoms with Gasteiger partial charge in [0.2, 0.25) is 6.79 Å². The van der Waals surface area contributed by atoms with Crippen LogP contribution in [0.3, 0.4) is 0 Å². The van der Waals surface area contributed by atoms with Crippen molar-refractivity contribution in [3.63, 3.8) is 0 Å². The average molecular weight is 326 g/mol. The van der Waals surface area contributed by atoms with E-state index in [1.54, 1.807) is 18.2 Å². The molecule has 2 aliphatic heterocycles. The summed E-state index contributed by atoms with van der Waals surface area (Å²) in [6, 6.07) is 13.0. The van der Waals surface area contributed by atoms with E-state index >= 15 is 0 Å². The molecule has 0 saturated carbocycles. The summed E-state index contributed by atoms with van der Waals surface area (Å²) in [5, 5.41) is 2.94. The fourth-order valence-corrected chi connectivity index (χ4v) is 2.84. The maximum absolute atomic E-state index is 12.5. The number of benzene rings is 2. The van der Waals surface area contributed by atoms with E-state index in [1.807, 2.05) is 24.3 Å². The zero-order chi connectivity index (χ0) is 16.4. The van der Waals surface area contributed by atoms with Crippen LogP contribution in [-0.4, -0.2) is 39.0 Å². The van der Waals surface area contributed by atoms with Crippen LogP contribution in [0.1, 0.15) is 10.4 Å². The van der Waals surface area contributed by atoms with Gasteiger partial charge in [-0.2, -0.15) is 0 Å². The molecule has 0 unspecified atom stereocenters. The average Bonchev–Trinajstić information content (AvgIpc) is 3.10. The molecule has 0 atom stereocenters. The fourth-order valence-electron chi connectivity index (χ4n) is 2.84. The maximum atomic E-state index is 12.5. The highest BCUT2D eigenvalue weighted by Crippen LogP contribution is 2.32. The van der Waals surface area contributed by atoms with Gasteiger partial charge in [-0.25, -0.2) is 0 Å². The number of rotatable bonds is 3. The number of hydrogen-bond acceptors (Lipinski definition) is 5. The van der Waals surface area contributed by atoms with E-state index < -0.39 is 0 Å². The molecule has 1 amide bonds. The highest BCUT2D eigenvalue weighted by molar-refractivity contribution is 6.04. The van der Waals surface area contributed by atoms with Gasteiger partial charge in [-0.3, -0.25) is 4.79 Å². The van der Waals surface area contributed by atoms with Crippen molar-refractivity contribution in [2.45, 2.75) is 0 Å². The van der Waals surface area contributed by atoms with E-state index in [0.29, 0.717) is 17.1 Å². The number of anilines is 2. The third-order valence-corrected chi connectivity index (χ3v) is 4.12. The zero-order valence-corrected chi connectivity index (χ0v) is 13.2. The van der Waals surface area contributed by atoms with Gasteiger partial charge < -0.3 is 24.4 Å². The van der Waals surface area contributed by atoms with Crippen LogP contribution in [0.15, 0.2) is 42.5 Å². The first-order valence-electron chi connectivity index (χ1n) is 7.93. The highest BCUT2D eigenvalue weighted by atomic mass is 16.7. The zero-order valence-electron chi connectivity index (χ0n) is 13.2. The molecule has 124 valence electrons. The monoisotopic (exact) mass is 326 g/mol. The second-order valence-electron chi connectivity index (χ2n) is 5.67. The first kappa shape index (κ1) is 14.8. The van der Waals surface area contributed by atoms with Crippen LogP contribution in [0.2, 0.25) is 0 Å². The first-order valence-corrected chi connectivity index (χ1v) is 7.93. The molecule has 6 nitrogen and oxygen atoms in total. The Labute approximate surface area is 139 Å². The van der Waals surface area contributed by atoms with Gasteiger partial charge in [0, 0.05) is 30.0 Å². The van der Waals surface area contributed by atoms with Crippen molar-refractivity contribution in [3.05, 3.63) is 48.0 Å². The van der Waals surface area contributed by atoms with Gasteiger partial charge in [0.05, 0.1) is 13.2 Å². The number of carbonyl (C=O) groups excluding carboxylic acids is 1. The number of carbonyl (C=O) groups is 1. The summed E-state index contributed by atoms with van der Waals surface area (Å²) in [7, 11) is 0. The molecule has 2 aromatic rings. The number of morpholine rings is 1. The van der Waals surface area contributed by atoms with E-state index in [2.05, 4.69) is 10.2 Å². The normalized spacial score (nSPS) is 16.1. The third-order valence-electron chi connectivity index (χ3n) is 4.12. The van der Waals surface area contributed by atoms with Crippen molar-refractivity contribution in [3.8, 4) is 11.5 Å². The Morgan fingerprint density at radius 3 is 2.71 bits per heavy atom. The van der Waals surface area contributed by atoms with Gasteiger partial charge in [0.25, 0.3) is 5.91 Å². The molecular weight excluding hydrogens is 308 g/mol. The van der Waals surface area contributed by atoms with Crippen LogP contribution in [0.5, 0.6) is 11.5 Å². The van der Waals surface area contributed by atoms with Crippen LogP contribution >= 0.6 is 0 Å². The highest BCUT2D eigenvalue weighted by Gasteiger charge is 2.17. The molecule has 4 rings (SSSR count). The van der Waals surface area contributed by atoms with Crippen LogP contribution in [0, 0.1) is 0 Å². The van der Waals surface area contributed by atoms with E-state index in [4.69, 9.17) is 14.2 Å². The van der Waals surface area contributed by atoms with E-state index in [9.17, 15) is 4.79 Å². The quantitative estimate of drug-likeness (QED) is 0.939. The molecule has 24 heavy (non-hydrogen) atoms. The summed E-state index contributed by atoms with van der Waals surface area (Å²) in [5.74, 6) is 1.10. The van der Waals surface area contributed by atoms with Gasteiger partial charge in [0.1, 0.15) is 0 Å². The Bertz CT molecular complexity index is 756. The molecule has 6 heteroatoms. The van der Waals surface area contributed by atoms with Crippen molar-refractivity contribution < 1.29 is 19.0 Å². The van der Waals surface area contributed by atoms with Gasteiger partial charge in [-0.15, -0.1) is 0 Å². The molecule has 1 saturated heterocycles. The molecule has 2 aliphatic rings. The number of fused-ring (bicyclic) bond motifs is 1. The summed E-state index contributed by atoms with van der Waals surface area (Å²) in [6.07, 6.45) is 0. The number of amides is 1. The molecule has 2 aromatic carbocycles. The van der Waals surface area contributed by atoms with Crippen LogP contribution in [0.25, 0.3) is 0 Å². The Balaban J connectivity index is 1.49. The minimum Gasteiger partial charge on any atom is -0.454 e. The molecule has 2 heterocycles. The first-order chi connectivity index (χ1) is 11.8. The van der Waals surface area contributed by atoms with Crippen molar-refractivity contribution in [1.82, 2.24) is 0 Å². The number of hydrogen-bond donors (Lipinski definition) is 1.